The molecule has 0 bridgehead atoms. The fourth-order valence-corrected chi connectivity index (χ4v) is 1.63. The van der Waals surface area contributed by atoms with Gasteiger partial charge in [-0.05, 0) is 12.8 Å². The van der Waals surface area contributed by atoms with Crippen LogP contribution < -0.4 is 5.32 Å². The largest absolute Gasteiger partial charge is 0.314 e. The molecule has 0 spiro atoms. The molecule has 0 aromatic carbocycles. The molecular formula is C9H19N2. The van der Waals surface area contributed by atoms with Crippen molar-refractivity contribution in [2.45, 2.75) is 32.7 Å². The highest BCUT2D eigenvalue weighted by atomic mass is 15.2. The number of hydrogen-bond donors (Lipinski definition) is 1. The Balaban J connectivity index is 2.31. The van der Waals surface area contributed by atoms with Crippen molar-refractivity contribution in [3.8, 4) is 0 Å². The predicted octanol–water partition coefficient (Wildman–Crippen LogP) is 1.24. The van der Waals surface area contributed by atoms with E-state index < -0.39 is 0 Å². The molecule has 1 heterocycles. The first-order valence-electron chi connectivity index (χ1n) is 4.68. The van der Waals surface area contributed by atoms with Crippen LogP contribution in [0, 0.1) is 6.54 Å². The van der Waals surface area contributed by atoms with E-state index in [1.54, 1.807) is 0 Å². The quantitative estimate of drug-likeness (QED) is 0.659. The van der Waals surface area contributed by atoms with Crippen LogP contribution in [0.3, 0.4) is 0 Å². The molecule has 1 aliphatic heterocycles. The second kappa shape index (κ2) is 4.73. The van der Waals surface area contributed by atoms with Crippen molar-refractivity contribution >= 4 is 0 Å². The van der Waals surface area contributed by atoms with Crippen molar-refractivity contribution in [2.75, 3.05) is 19.6 Å². The summed E-state index contributed by atoms with van der Waals surface area (Å²) in [6, 6.07) is 0.740. The van der Waals surface area contributed by atoms with E-state index in [1.807, 2.05) is 0 Å². The first-order chi connectivity index (χ1) is 5.38. The second-order valence-electron chi connectivity index (χ2n) is 3.09. The zero-order valence-corrected chi connectivity index (χ0v) is 7.64. The molecular weight excluding hydrogens is 136 g/mol. The standard InChI is InChI=1S/C9H19N2/c1-3-6-11-7-5-10-8-9(11)4-2/h6,9-10H,3-5,7-8H2,1-2H3. The minimum Gasteiger partial charge on any atom is -0.314 e. The Labute approximate surface area is 70.0 Å². The van der Waals surface area contributed by atoms with E-state index in [4.69, 9.17) is 0 Å². The van der Waals surface area contributed by atoms with Gasteiger partial charge in [0.2, 0.25) is 0 Å². The molecule has 1 aliphatic rings. The van der Waals surface area contributed by atoms with Crippen LogP contribution in [-0.4, -0.2) is 30.6 Å². The van der Waals surface area contributed by atoms with Gasteiger partial charge < -0.3 is 5.32 Å². The lowest BCUT2D eigenvalue weighted by Crippen LogP contribution is -2.49. The van der Waals surface area contributed by atoms with E-state index in [1.165, 1.54) is 13.0 Å². The van der Waals surface area contributed by atoms with E-state index >= 15 is 0 Å². The van der Waals surface area contributed by atoms with Crippen LogP contribution in [-0.2, 0) is 0 Å². The molecule has 1 rings (SSSR count). The number of nitrogens with zero attached hydrogens (tertiary/aromatic N) is 1. The van der Waals surface area contributed by atoms with Gasteiger partial charge in [0.25, 0.3) is 0 Å². The molecule has 0 amide bonds. The molecule has 11 heavy (non-hydrogen) atoms. The summed E-state index contributed by atoms with van der Waals surface area (Å²) in [5.41, 5.74) is 0. The molecule has 1 radical (unpaired) electrons. The molecule has 1 N–H and O–H groups in total. The summed E-state index contributed by atoms with van der Waals surface area (Å²) in [5.74, 6) is 0. The summed E-state index contributed by atoms with van der Waals surface area (Å²) in [7, 11) is 0. The summed E-state index contributed by atoms with van der Waals surface area (Å²) in [5, 5.41) is 3.41. The average Bonchev–Trinajstić information content (AvgIpc) is 2.06. The van der Waals surface area contributed by atoms with Crippen molar-refractivity contribution in [1.82, 2.24) is 10.2 Å². The summed E-state index contributed by atoms with van der Waals surface area (Å²) in [6.07, 6.45) is 2.42. The lowest BCUT2D eigenvalue weighted by atomic mass is 10.1. The Hall–Kier alpha value is -0.0800. The number of hydrogen-bond acceptors (Lipinski definition) is 2. The fraction of sp³-hybridized carbons (Fsp3) is 0.889. The number of nitrogens with one attached hydrogen (secondary N) is 1. The SMILES string of the molecule is CC[CH]N1CCNCC1CC. The third-order valence-electron chi connectivity index (χ3n) is 2.28. The van der Waals surface area contributed by atoms with Crippen LogP contribution in [0.15, 0.2) is 0 Å². The smallest absolute Gasteiger partial charge is 0.0253 e. The third-order valence-corrected chi connectivity index (χ3v) is 2.28. The number of rotatable bonds is 3. The van der Waals surface area contributed by atoms with Gasteiger partial charge in [-0.3, -0.25) is 4.90 Å². The highest BCUT2D eigenvalue weighted by Gasteiger charge is 2.18. The van der Waals surface area contributed by atoms with Gasteiger partial charge in [-0.25, -0.2) is 0 Å². The number of piperazine rings is 1. The fourth-order valence-electron chi connectivity index (χ4n) is 1.63. The van der Waals surface area contributed by atoms with E-state index in [2.05, 4.69) is 30.6 Å². The van der Waals surface area contributed by atoms with E-state index in [9.17, 15) is 0 Å². The lowest BCUT2D eigenvalue weighted by molar-refractivity contribution is 0.193. The summed E-state index contributed by atoms with van der Waals surface area (Å²) >= 11 is 0. The molecule has 0 aliphatic carbocycles. The van der Waals surface area contributed by atoms with E-state index in [0.29, 0.717) is 0 Å². The maximum absolute atomic E-state index is 3.41. The van der Waals surface area contributed by atoms with Gasteiger partial charge in [0.15, 0.2) is 0 Å². The third kappa shape index (κ3) is 2.46. The van der Waals surface area contributed by atoms with Crippen LogP contribution in [0.4, 0.5) is 0 Å². The van der Waals surface area contributed by atoms with Crippen molar-refractivity contribution in [3.05, 3.63) is 6.54 Å². The first-order valence-corrected chi connectivity index (χ1v) is 4.68. The summed E-state index contributed by atoms with van der Waals surface area (Å²) < 4.78 is 0. The highest BCUT2D eigenvalue weighted by Crippen LogP contribution is 2.09. The Morgan fingerprint density at radius 2 is 2.36 bits per heavy atom. The molecule has 1 fully saturated rings. The predicted molar refractivity (Wildman–Crippen MR) is 48.2 cm³/mol. The molecule has 1 unspecified atom stereocenters. The van der Waals surface area contributed by atoms with Crippen LogP contribution in [0.1, 0.15) is 26.7 Å². The average molecular weight is 155 g/mol. The Bertz CT molecular complexity index is 102. The molecule has 65 valence electrons. The van der Waals surface area contributed by atoms with Crippen molar-refractivity contribution < 1.29 is 0 Å². The molecule has 0 aromatic heterocycles. The van der Waals surface area contributed by atoms with Crippen LogP contribution in [0.5, 0.6) is 0 Å². The topological polar surface area (TPSA) is 15.3 Å². The molecule has 0 saturated carbocycles. The maximum Gasteiger partial charge on any atom is 0.0253 e. The Kier molecular flexibility index (Phi) is 3.87. The Morgan fingerprint density at radius 3 is 3.00 bits per heavy atom. The first kappa shape index (κ1) is 9.01. The van der Waals surface area contributed by atoms with Crippen molar-refractivity contribution in [3.63, 3.8) is 0 Å². The summed E-state index contributed by atoms with van der Waals surface area (Å²) in [6.45, 7) is 10.3. The molecule has 0 aromatic rings. The summed E-state index contributed by atoms with van der Waals surface area (Å²) in [4.78, 5) is 2.48. The van der Waals surface area contributed by atoms with Gasteiger partial charge in [0, 0.05) is 32.2 Å². The second-order valence-corrected chi connectivity index (χ2v) is 3.09. The van der Waals surface area contributed by atoms with Gasteiger partial charge in [-0.2, -0.15) is 0 Å². The van der Waals surface area contributed by atoms with E-state index in [0.717, 1.165) is 25.6 Å². The van der Waals surface area contributed by atoms with Crippen LogP contribution in [0.25, 0.3) is 0 Å². The maximum atomic E-state index is 3.41. The van der Waals surface area contributed by atoms with Crippen LogP contribution in [0.2, 0.25) is 0 Å². The molecule has 1 atom stereocenters. The Morgan fingerprint density at radius 1 is 1.55 bits per heavy atom. The monoisotopic (exact) mass is 155 g/mol. The van der Waals surface area contributed by atoms with Gasteiger partial charge in [-0.15, -0.1) is 0 Å². The molecule has 1 saturated heterocycles. The normalized spacial score (nSPS) is 27.3. The van der Waals surface area contributed by atoms with Gasteiger partial charge in [-0.1, -0.05) is 13.8 Å². The minimum atomic E-state index is 0.740. The molecule has 2 heteroatoms. The van der Waals surface area contributed by atoms with Crippen molar-refractivity contribution in [2.24, 2.45) is 0 Å². The highest BCUT2D eigenvalue weighted by molar-refractivity contribution is 4.82. The molecule has 2 nitrogen and oxygen atoms in total. The van der Waals surface area contributed by atoms with Crippen LogP contribution >= 0.6 is 0 Å². The van der Waals surface area contributed by atoms with Gasteiger partial charge in [0.05, 0.1) is 0 Å². The zero-order valence-electron chi connectivity index (χ0n) is 7.64. The van der Waals surface area contributed by atoms with Gasteiger partial charge >= 0.3 is 0 Å². The lowest BCUT2D eigenvalue weighted by Gasteiger charge is -2.35. The van der Waals surface area contributed by atoms with E-state index in [-0.39, 0.29) is 0 Å². The van der Waals surface area contributed by atoms with Gasteiger partial charge in [0.1, 0.15) is 0 Å². The zero-order chi connectivity index (χ0) is 8.10. The van der Waals surface area contributed by atoms with Crippen molar-refractivity contribution in [1.29, 1.82) is 0 Å². The minimum absolute atomic E-state index is 0.740.